The van der Waals surface area contributed by atoms with E-state index in [9.17, 15) is 4.79 Å². The molecule has 0 aromatic carbocycles. The molecule has 0 radical (unpaired) electrons. The molecule has 3 aliphatic rings. The Morgan fingerprint density at radius 3 is 2.95 bits per heavy atom. The summed E-state index contributed by atoms with van der Waals surface area (Å²) in [5, 5.41) is 10.7. The Morgan fingerprint density at radius 1 is 1.33 bits per heavy atom. The van der Waals surface area contributed by atoms with Gasteiger partial charge in [0.1, 0.15) is 6.54 Å². The number of nitrogens with one attached hydrogen (secondary N) is 2. The van der Waals surface area contributed by atoms with Crippen LogP contribution in [0.25, 0.3) is 0 Å². The molecule has 21 heavy (non-hydrogen) atoms. The molecule has 3 aliphatic carbocycles. The van der Waals surface area contributed by atoms with Crippen LogP contribution in [0.1, 0.15) is 25.7 Å². The number of hydrogen-bond donors (Lipinski definition) is 2. The number of carbonyl (C=O) groups excluding carboxylic acids is 1. The Kier molecular flexibility index (Phi) is 3.20. The van der Waals surface area contributed by atoms with Crippen LogP contribution in [-0.2, 0) is 11.3 Å². The molecular formula is C16H22N4O. The van der Waals surface area contributed by atoms with Crippen LogP contribution in [0, 0.1) is 17.8 Å². The summed E-state index contributed by atoms with van der Waals surface area (Å²) in [4.78, 5) is 11.7. The minimum atomic E-state index is 0.0605. The molecule has 5 nitrogen and oxygen atoms in total. The number of rotatable bonds is 6. The third-order valence-corrected chi connectivity index (χ3v) is 4.87. The van der Waals surface area contributed by atoms with Gasteiger partial charge >= 0.3 is 0 Å². The van der Waals surface area contributed by atoms with E-state index in [0.717, 1.165) is 42.8 Å². The van der Waals surface area contributed by atoms with Crippen LogP contribution in [-0.4, -0.2) is 28.3 Å². The standard InChI is InChI=1S/C16H22N4O/c21-16(19-14-3-4-14)10-20-9-15(8-18-20)17-7-13-6-11-1-2-12(13)5-11/h1-2,8-9,11-14,17H,3-7,10H2,(H,19,21). The summed E-state index contributed by atoms with van der Waals surface area (Å²) in [5.41, 5.74) is 1.01. The lowest BCUT2D eigenvalue weighted by Gasteiger charge is -2.18. The topological polar surface area (TPSA) is 59.0 Å². The van der Waals surface area contributed by atoms with Gasteiger partial charge in [-0.15, -0.1) is 0 Å². The molecule has 1 amide bonds. The van der Waals surface area contributed by atoms with Crippen molar-refractivity contribution >= 4 is 11.6 Å². The van der Waals surface area contributed by atoms with Gasteiger partial charge in [-0.05, 0) is 43.4 Å². The van der Waals surface area contributed by atoms with E-state index in [1.165, 1.54) is 12.8 Å². The van der Waals surface area contributed by atoms with Crippen LogP contribution in [0.3, 0.4) is 0 Å². The van der Waals surface area contributed by atoms with Crippen LogP contribution in [0.2, 0.25) is 0 Å². The van der Waals surface area contributed by atoms with Crippen molar-refractivity contribution in [2.24, 2.45) is 17.8 Å². The van der Waals surface area contributed by atoms with E-state index in [1.54, 1.807) is 4.68 Å². The lowest BCUT2D eigenvalue weighted by atomic mass is 9.94. The second kappa shape index (κ2) is 5.20. The third-order valence-electron chi connectivity index (χ3n) is 4.87. The lowest BCUT2D eigenvalue weighted by molar-refractivity contribution is -0.122. The Balaban J connectivity index is 1.26. The van der Waals surface area contributed by atoms with Crippen molar-refractivity contribution < 1.29 is 4.79 Å². The number of carbonyl (C=O) groups is 1. The first-order valence-corrected chi connectivity index (χ1v) is 8.00. The number of allylic oxidation sites excluding steroid dienone is 2. The van der Waals surface area contributed by atoms with Crippen molar-refractivity contribution in [1.29, 1.82) is 0 Å². The van der Waals surface area contributed by atoms with Gasteiger partial charge in [-0.25, -0.2) is 0 Å². The van der Waals surface area contributed by atoms with Gasteiger partial charge < -0.3 is 10.6 Å². The molecular weight excluding hydrogens is 264 g/mol. The molecule has 3 unspecified atom stereocenters. The summed E-state index contributed by atoms with van der Waals surface area (Å²) in [6.07, 6.45) is 13.4. The van der Waals surface area contributed by atoms with Gasteiger partial charge in [0.05, 0.1) is 11.9 Å². The van der Waals surface area contributed by atoms with Crippen LogP contribution in [0.15, 0.2) is 24.5 Å². The summed E-state index contributed by atoms with van der Waals surface area (Å²) < 4.78 is 1.71. The van der Waals surface area contributed by atoms with Crippen LogP contribution < -0.4 is 10.6 Å². The summed E-state index contributed by atoms with van der Waals surface area (Å²) in [5.74, 6) is 2.39. The van der Waals surface area contributed by atoms with E-state index < -0.39 is 0 Å². The van der Waals surface area contributed by atoms with Crippen molar-refractivity contribution in [2.45, 2.75) is 38.3 Å². The maximum atomic E-state index is 11.7. The fraction of sp³-hybridized carbons (Fsp3) is 0.625. The second-order valence-corrected chi connectivity index (χ2v) is 6.69. The van der Waals surface area contributed by atoms with Gasteiger partial charge in [0.2, 0.25) is 5.91 Å². The second-order valence-electron chi connectivity index (χ2n) is 6.69. The van der Waals surface area contributed by atoms with Crippen molar-refractivity contribution in [1.82, 2.24) is 15.1 Å². The number of nitrogens with zero attached hydrogens (tertiary/aromatic N) is 2. The van der Waals surface area contributed by atoms with Gasteiger partial charge in [-0.1, -0.05) is 12.2 Å². The van der Waals surface area contributed by atoms with Gasteiger partial charge in [0, 0.05) is 18.8 Å². The minimum absolute atomic E-state index is 0.0605. The van der Waals surface area contributed by atoms with Crippen molar-refractivity contribution in [2.75, 3.05) is 11.9 Å². The molecule has 2 saturated carbocycles. The Hall–Kier alpha value is -1.78. The Labute approximate surface area is 124 Å². The summed E-state index contributed by atoms with van der Waals surface area (Å²) >= 11 is 0. The molecule has 2 N–H and O–H groups in total. The highest BCUT2D eigenvalue weighted by atomic mass is 16.2. The highest BCUT2D eigenvalue weighted by Gasteiger charge is 2.35. The van der Waals surface area contributed by atoms with Gasteiger partial charge in [0.25, 0.3) is 0 Å². The molecule has 1 aromatic rings. The zero-order valence-corrected chi connectivity index (χ0v) is 12.2. The average Bonchev–Trinajstić information content (AvgIpc) is 2.91. The number of amides is 1. The number of aromatic nitrogens is 2. The van der Waals surface area contributed by atoms with E-state index >= 15 is 0 Å². The predicted octanol–water partition coefficient (Wildman–Crippen LogP) is 1.79. The van der Waals surface area contributed by atoms with E-state index in [2.05, 4.69) is 27.9 Å². The first kappa shape index (κ1) is 12.9. The highest BCUT2D eigenvalue weighted by molar-refractivity contribution is 5.76. The molecule has 1 aromatic heterocycles. The van der Waals surface area contributed by atoms with Crippen molar-refractivity contribution in [3.8, 4) is 0 Å². The smallest absolute Gasteiger partial charge is 0.241 e. The Morgan fingerprint density at radius 2 is 2.24 bits per heavy atom. The molecule has 0 spiro atoms. The summed E-state index contributed by atoms with van der Waals surface area (Å²) in [6.45, 7) is 1.32. The fourth-order valence-electron chi connectivity index (χ4n) is 3.57. The number of fused-ring (bicyclic) bond motifs is 2. The van der Waals surface area contributed by atoms with E-state index in [-0.39, 0.29) is 5.91 Å². The molecule has 0 saturated heterocycles. The molecule has 2 fully saturated rings. The zero-order chi connectivity index (χ0) is 14.2. The molecule has 3 atom stereocenters. The lowest BCUT2D eigenvalue weighted by Crippen LogP contribution is -2.29. The van der Waals surface area contributed by atoms with Crippen LogP contribution >= 0.6 is 0 Å². The first-order chi connectivity index (χ1) is 10.3. The molecule has 0 aliphatic heterocycles. The molecule has 1 heterocycles. The molecule has 5 heteroatoms. The minimum Gasteiger partial charge on any atom is -0.382 e. The summed E-state index contributed by atoms with van der Waals surface area (Å²) in [7, 11) is 0. The number of anilines is 1. The molecule has 112 valence electrons. The maximum absolute atomic E-state index is 11.7. The third kappa shape index (κ3) is 2.96. The average molecular weight is 286 g/mol. The van der Waals surface area contributed by atoms with E-state index in [0.29, 0.717) is 12.6 Å². The monoisotopic (exact) mass is 286 g/mol. The van der Waals surface area contributed by atoms with E-state index in [1.807, 2.05) is 12.4 Å². The van der Waals surface area contributed by atoms with Gasteiger partial charge in [-0.2, -0.15) is 5.10 Å². The maximum Gasteiger partial charge on any atom is 0.241 e. The Bertz CT molecular complexity index is 560. The van der Waals surface area contributed by atoms with Crippen LogP contribution in [0.5, 0.6) is 0 Å². The van der Waals surface area contributed by atoms with Gasteiger partial charge in [-0.3, -0.25) is 9.48 Å². The van der Waals surface area contributed by atoms with Crippen molar-refractivity contribution in [3.05, 3.63) is 24.5 Å². The number of hydrogen-bond acceptors (Lipinski definition) is 3. The highest BCUT2D eigenvalue weighted by Crippen LogP contribution is 2.43. The predicted molar refractivity (Wildman–Crippen MR) is 80.7 cm³/mol. The SMILES string of the molecule is O=C(Cn1cc(NCC2CC3C=CC2C3)cn1)NC1CC1. The summed E-state index contributed by atoms with van der Waals surface area (Å²) in [6, 6.07) is 0.413. The first-order valence-electron chi connectivity index (χ1n) is 8.00. The molecule has 4 rings (SSSR count). The van der Waals surface area contributed by atoms with Crippen LogP contribution in [0.4, 0.5) is 5.69 Å². The normalized spacial score (nSPS) is 29.8. The van der Waals surface area contributed by atoms with Crippen molar-refractivity contribution in [3.63, 3.8) is 0 Å². The van der Waals surface area contributed by atoms with Gasteiger partial charge in [0.15, 0.2) is 0 Å². The fourth-order valence-corrected chi connectivity index (χ4v) is 3.57. The quantitative estimate of drug-likeness (QED) is 0.784. The zero-order valence-electron chi connectivity index (χ0n) is 12.2. The molecule has 2 bridgehead atoms. The van der Waals surface area contributed by atoms with E-state index in [4.69, 9.17) is 0 Å². The largest absolute Gasteiger partial charge is 0.382 e.